The van der Waals surface area contributed by atoms with Gasteiger partial charge in [-0.2, -0.15) is 0 Å². The summed E-state index contributed by atoms with van der Waals surface area (Å²) >= 11 is 0. The second kappa shape index (κ2) is 6.61. The lowest BCUT2D eigenvalue weighted by Crippen LogP contribution is -2.37. The van der Waals surface area contributed by atoms with Crippen molar-refractivity contribution in [2.45, 2.75) is 17.9 Å². The molecular weight excluding hydrogens is 318 g/mol. The molecule has 7 nitrogen and oxygen atoms in total. The van der Waals surface area contributed by atoms with Crippen LogP contribution in [-0.4, -0.2) is 32.6 Å². The van der Waals surface area contributed by atoms with Crippen LogP contribution in [0.2, 0.25) is 0 Å². The van der Waals surface area contributed by atoms with Crippen molar-refractivity contribution in [3.8, 4) is 0 Å². The first-order valence-electron chi connectivity index (χ1n) is 6.11. The van der Waals surface area contributed by atoms with E-state index in [4.69, 9.17) is 4.42 Å². The SMILES string of the molecule is CNC(C)CNS(=O)(=O)c1ccc2c(c1)oc(=O)n2C.Cl. The number of aryl methyl sites for hydroxylation is 1. The molecule has 0 fully saturated rings. The van der Waals surface area contributed by atoms with Gasteiger partial charge < -0.3 is 9.73 Å². The number of nitrogens with zero attached hydrogens (tertiary/aromatic N) is 1. The molecular formula is C12H18ClN3O4S. The van der Waals surface area contributed by atoms with Crippen LogP contribution < -0.4 is 15.8 Å². The summed E-state index contributed by atoms with van der Waals surface area (Å²) in [5, 5.41) is 2.94. The predicted molar refractivity (Wildman–Crippen MR) is 82.4 cm³/mol. The van der Waals surface area contributed by atoms with E-state index in [0.717, 1.165) is 0 Å². The molecule has 0 saturated carbocycles. The summed E-state index contributed by atoms with van der Waals surface area (Å²) in [5.41, 5.74) is 0.805. The quantitative estimate of drug-likeness (QED) is 0.827. The van der Waals surface area contributed by atoms with E-state index < -0.39 is 15.8 Å². The van der Waals surface area contributed by atoms with Crippen LogP contribution in [0, 0.1) is 0 Å². The van der Waals surface area contributed by atoms with Crippen LogP contribution in [0.15, 0.2) is 32.3 Å². The van der Waals surface area contributed by atoms with Crippen molar-refractivity contribution >= 4 is 33.5 Å². The van der Waals surface area contributed by atoms with Crippen molar-refractivity contribution in [3.05, 3.63) is 28.7 Å². The van der Waals surface area contributed by atoms with Gasteiger partial charge in [0.1, 0.15) is 0 Å². The molecule has 2 rings (SSSR count). The summed E-state index contributed by atoms with van der Waals surface area (Å²) in [7, 11) is -0.304. The number of sulfonamides is 1. The smallest absolute Gasteiger partial charge is 0.408 e. The van der Waals surface area contributed by atoms with Crippen molar-refractivity contribution in [2.75, 3.05) is 13.6 Å². The fourth-order valence-corrected chi connectivity index (χ4v) is 2.85. The van der Waals surface area contributed by atoms with Gasteiger partial charge in [-0.3, -0.25) is 4.57 Å². The molecule has 2 N–H and O–H groups in total. The number of hydrogen-bond acceptors (Lipinski definition) is 5. The van der Waals surface area contributed by atoms with Gasteiger partial charge in [0.25, 0.3) is 0 Å². The Labute approximate surface area is 128 Å². The third-order valence-electron chi connectivity index (χ3n) is 3.15. The number of halogens is 1. The fraction of sp³-hybridized carbons (Fsp3) is 0.417. The molecule has 9 heteroatoms. The summed E-state index contributed by atoms with van der Waals surface area (Å²) in [6.45, 7) is 2.14. The van der Waals surface area contributed by atoms with Crippen molar-refractivity contribution < 1.29 is 12.8 Å². The number of nitrogens with one attached hydrogen (secondary N) is 2. The summed E-state index contributed by atoms with van der Waals surface area (Å²) in [5.74, 6) is -0.522. The Kier molecular flexibility index (Phi) is 5.57. The first-order valence-corrected chi connectivity index (χ1v) is 7.60. The molecule has 21 heavy (non-hydrogen) atoms. The van der Waals surface area contributed by atoms with E-state index in [-0.39, 0.29) is 35.5 Å². The van der Waals surface area contributed by atoms with Gasteiger partial charge in [-0.1, -0.05) is 0 Å². The third kappa shape index (κ3) is 3.65. The molecule has 1 unspecified atom stereocenters. The van der Waals surface area contributed by atoms with Crippen LogP contribution >= 0.6 is 12.4 Å². The molecule has 118 valence electrons. The molecule has 0 aliphatic heterocycles. The fourth-order valence-electron chi connectivity index (χ4n) is 1.70. The van der Waals surface area contributed by atoms with Crippen LogP contribution in [0.5, 0.6) is 0 Å². The van der Waals surface area contributed by atoms with Crippen LogP contribution in [0.3, 0.4) is 0 Å². The van der Waals surface area contributed by atoms with Gasteiger partial charge >= 0.3 is 5.76 Å². The van der Waals surface area contributed by atoms with E-state index in [1.54, 1.807) is 20.2 Å². The molecule has 0 saturated heterocycles. The van der Waals surface area contributed by atoms with Gasteiger partial charge in [-0.25, -0.2) is 17.9 Å². The Balaban J connectivity index is 0.00000220. The van der Waals surface area contributed by atoms with Crippen LogP contribution in [0.25, 0.3) is 11.1 Å². The lowest BCUT2D eigenvalue weighted by Gasteiger charge is -2.11. The first-order chi connectivity index (χ1) is 9.35. The summed E-state index contributed by atoms with van der Waals surface area (Å²) in [6.07, 6.45) is 0. The lowest BCUT2D eigenvalue weighted by molar-refractivity contribution is 0.527. The summed E-state index contributed by atoms with van der Waals surface area (Å²) < 4.78 is 33.0. The molecule has 0 radical (unpaired) electrons. The predicted octanol–water partition coefficient (Wildman–Crippen LogP) is 0.440. The third-order valence-corrected chi connectivity index (χ3v) is 4.57. The van der Waals surface area contributed by atoms with Crippen LogP contribution in [0.1, 0.15) is 6.92 Å². The standard InChI is InChI=1S/C12H17N3O4S.ClH/c1-8(13-2)7-14-20(17,18)9-4-5-10-11(6-9)19-12(16)15(10)3;/h4-6,8,13-14H,7H2,1-3H3;1H. The minimum atomic E-state index is -3.62. The number of likely N-dealkylation sites (N-methyl/N-ethyl adjacent to an activating group) is 1. The second-order valence-corrected chi connectivity index (χ2v) is 6.37. The molecule has 0 bridgehead atoms. The normalized spacial score (nSPS) is 13.1. The Morgan fingerprint density at radius 2 is 2.05 bits per heavy atom. The second-order valence-electron chi connectivity index (χ2n) is 4.60. The molecule has 0 spiro atoms. The molecule has 1 aromatic carbocycles. The highest BCUT2D eigenvalue weighted by Gasteiger charge is 2.17. The zero-order valence-corrected chi connectivity index (χ0v) is 13.5. The van der Waals surface area contributed by atoms with Crippen LogP contribution in [0.4, 0.5) is 0 Å². The number of benzene rings is 1. The molecule has 1 aromatic heterocycles. The zero-order chi connectivity index (χ0) is 14.9. The highest BCUT2D eigenvalue weighted by Crippen LogP contribution is 2.17. The largest absolute Gasteiger partial charge is 0.419 e. The maximum Gasteiger partial charge on any atom is 0.419 e. The van der Waals surface area contributed by atoms with Crippen LogP contribution in [-0.2, 0) is 17.1 Å². The van der Waals surface area contributed by atoms with E-state index in [9.17, 15) is 13.2 Å². The van der Waals surface area contributed by atoms with Gasteiger partial charge in [0.15, 0.2) is 5.58 Å². The summed E-state index contributed by atoms with van der Waals surface area (Å²) in [6, 6.07) is 4.37. The van der Waals surface area contributed by atoms with Gasteiger partial charge in [0.2, 0.25) is 10.0 Å². The molecule has 0 aliphatic rings. The molecule has 0 aliphatic carbocycles. The first kappa shape index (κ1) is 17.7. The highest BCUT2D eigenvalue weighted by molar-refractivity contribution is 7.89. The van der Waals surface area contributed by atoms with Crippen molar-refractivity contribution in [3.63, 3.8) is 0 Å². The zero-order valence-electron chi connectivity index (χ0n) is 11.9. The minimum Gasteiger partial charge on any atom is -0.408 e. The number of hydrogen-bond donors (Lipinski definition) is 2. The maximum absolute atomic E-state index is 12.1. The number of rotatable bonds is 5. The van der Waals surface area contributed by atoms with Gasteiger partial charge in [0, 0.05) is 25.7 Å². The van der Waals surface area contributed by atoms with Crippen molar-refractivity contribution in [1.82, 2.24) is 14.6 Å². The van der Waals surface area contributed by atoms with E-state index >= 15 is 0 Å². The average Bonchev–Trinajstić information content (AvgIpc) is 2.71. The topological polar surface area (TPSA) is 93.3 Å². The Morgan fingerprint density at radius 3 is 2.67 bits per heavy atom. The van der Waals surface area contributed by atoms with E-state index in [1.165, 1.54) is 16.7 Å². The monoisotopic (exact) mass is 335 g/mol. The Bertz CT molecular complexity index is 781. The number of aromatic nitrogens is 1. The average molecular weight is 336 g/mol. The maximum atomic E-state index is 12.1. The van der Waals surface area contributed by atoms with Gasteiger partial charge in [-0.05, 0) is 26.1 Å². The summed E-state index contributed by atoms with van der Waals surface area (Å²) in [4.78, 5) is 11.4. The van der Waals surface area contributed by atoms with E-state index in [0.29, 0.717) is 5.52 Å². The van der Waals surface area contributed by atoms with Gasteiger partial charge in [-0.15, -0.1) is 12.4 Å². The van der Waals surface area contributed by atoms with Crippen molar-refractivity contribution in [1.29, 1.82) is 0 Å². The lowest BCUT2D eigenvalue weighted by atomic mass is 10.3. The molecule has 1 heterocycles. The van der Waals surface area contributed by atoms with E-state index in [2.05, 4.69) is 10.0 Å². The molecule has 0 amide bonds. The highest BCUT2D eigenvalue weighted by atomic mass is 35.5. The minimum absolute atomic E-state index is 0. The molecule has 2 aromatic rings. The van der Waals surface area contributed by atoms with Gasteiger partial charge in [0.05, 0.1) is 10.4 Å². The molecule has 1 atom stereocenters. The number of oxazole rings is 1. The Hall–Kier alpha value is -1.35. The van der Waals surface area contributed by atoms with Crippen molar-refractivity contribution in [2.24, 2.45) is 7.05 Å². The number of fused-ring (bicyclic) bond motifs is 1. The van der Waals surface area contributed by atoms with E-state index in [1.807, 2.05) is 6.92 Å². The Morgan fingerprint density at radius 1 is 1.38 bits per heavy atom.